The lowest BCUT2D eigenvalue weighted by Crippen LogP contribution is -2.59. The molecule has 144 valence electrons. The van der Waals surface area contributed by atoms with Gasteiger partial charge in [-0.3, -0.25) is 14.7 Å². The van der Waals surface area contributed by atoms with Gasteiger partial charge in [-0.25, -0.2) is 0 Å². The molecule has 2 aliphatic rings. The summed E-state index contributed by atoms with van der Waals surface area (Å²) in [7, 11) is 2.08. The van der Waals surface area contributed by atoms with E-state index < -0.39 is 0 Å². The highest BCUT2D eigenvalue weighted by atomic mass is 32.1. The average Bonchev–Trinajstić information content (AvgIpc) is 3.39. The first-order valence-electron chi connectivity index (χ1n) is 9.33. The van der Waals surface area contributed by atoms with Gasteiger partial charge < -0.3 is 9.42 Å². The van der Waals surface area contributed by atoms with Gasteiger partial charge in [-0.15, -0.1) is 11.3 Å². The molecule has 1 spiro atoms. The maximum Gasteiger partial charge on any atom is 0.263 e. The number of nitrogens with zero attached hydrogens (tertiary/aromatic N) is 5. The fourth-order valence-corrected chi connectivity index (χ4v) is 5.21. The Kier molecular flexibility index (Phi) is 4.06. The number of rotatable bonds is 3. The highest BCUT2D eigenvalue weighted by Crippen LogP contribution is 2.48. The molecule has 0 N–H and O–H groups in total. The van der Waals surface area contributed by atoms with Crippen molar-refractivity contribution in [1.82, 2.24) is 24.9 Å². The standard InChI is InChI=1S/C20H21N5O2S/c1-13-5-6-16(28-13)19(26)25-11-20(12-25)8-15(24(2)10-20)18-22-17(23-27-18)14-4-3-7-21-9-14/h3-7,9,15H,8,10-12H2,1-2H3. The van der Waals surface area contributed by atoms with E-state index in [9.17, 15) is 4.79 Å². The highest BCUT2D eigenvalue weighted by molar-refractivity contribution is 7.13. The molecule has 1 atom stereocenters. The summed E-state index contributed by atoms with van der Waals surface area (Å²) in [5.74, 6) is 1.35. The van der Waals surface area contributed by atoms with Crippen LogP contribution in [0.15, 0.2) is 41.2 Å². The van der Waals surface area contributed by atoms with Crippen molar-refractivity contribution in [3.8, 4) is 11.4 Å². The normalized spacial score (nSPS) is 21.2. The van der Waals surface area contributed by atoms with E-state index in [2.05, 4.69) is 27.1 Å². The summed E-state index contributed by atoms with van der Waals surface area (Å²) in [5.41, 5.74) is 0.962. The summed E-state index contributed by atoms with van der Waals surface area (Å²) in [4.78, 5) is 27.6. The molecule has 7 nitrogen and oxygen atoms in total. The lowest BCUT2D eigenvalue weighted by Gasteiger charge is -2.47. The number of hydrogen-bond donors (Lipinski definition) is 0. The molecule has 1 amide bonds. The van der Waals surface area contributed by atoms with Crippen LogP contribution in [0.25, 0.3) is 11.4 Å². The monoisotopic (exact) mass is 395 g/mol. The topological polar surface area (TPSA) is 75.4 Å². The molecule has 8 heteroatoms. The smallest absolute Gasteiger partial charge is 0.263 e. The summed E-state index contributed by atoms with van der Waals surface area (Å²) < 4.78 is 5.57. The number of aromatic nitrogens is 3. The van der Waals surface area contributed by atoms with Gasteiger partial charge in [0.25, 0.3) is 5.91 Å². The van der Waals surface area contributed by atoms with Crippen LogP contribution in [0, 0.1) is 12.3 Å². The molecule has 3 aromatic rings. The summed E-state index contributed by atoms with van der Waals surface area (Å²) in [6, 6.07) is 7.79. The predicted octanol–water partition coefficient (Wildman–Crippen LogP) is 3.02. The molecule has 0 bridgehead atoms. The molecule has 2 fully saturated rings. The molecule has 1 unspecified atom stereocenters. The van der Waals surface area contributed by atoms with Crippen molar-refractivity contribution in [2.45, 2.75) is 19.4 Å². The minimum Gasteiger partial charge on any atom is -0.337 e. The lowest BCUT2D eigenvalue weighted by molar-refractivity contribution is 0.0119. The van der Waals surface area contributed by atoms with Gasteiger partial charge in [0.2, 0.25) is 11.7 Å². The zero-order chi connectivity index (χ0) is 19.3. The predicted molar refractivity (Wildman–Crippen MR) is 105 cm³/mol. The third-order valence-corrected chi connectivity index (χ3v) is 6.67. The number of amides is 1. The molecular weight excluding hydrogens is 374 g/mol. The van der Waals surface area contributed by atoms with Gasteiger partial charge >= 0.3 is 0 Å². The van der Waals surface area contributed by atoms with Crippen LogP contribution in [0.2, 0.25) is 0 Å². The number of aryl methyl sites for hydroxylation is 1. The van der Waals surface area contributed by atoms with Crippen LogP contribution in [-0.4, -0.2) is 57.5 Å². The van der Waals surface area contributed by atoms with Gasteiger partial charge in [0.15, 0.2) is 0 Å². The van der Waals surface area contributed by atoms with Crippen LogP contribution in [0.5, 0.6) is 0 Å². The van der Waals surface area contributed by atoms with Crippen molar-refractivity contribution in [2.24, 2.45) is 5.41 Å². The van der Waals surface area contributed by atoms with E-state index in [0.29, 0.717) is 11.7 Å². The molecule has 0 saturated carbocycles. The molecule has 2 saturated heterocycles. The van der Waals surface area contributed by atoms with Crippen LogP contribution < -0.4 is 0 Å². The zero-order valence-corrected chi connectivity index (χ0v) is 16.6. The quantitative estimate of drug-likeness (QED) is 0.679. The molecule has 3 aromatic heterocycles. The highest BCUT2D eigenvalue weighted by Gasteiger charge is 2.53. The molecular formula is C20H21N5O2S. The van der Waals surface area contributed by atoms with Crippen molar-refractivity contribution in [2.75, 3.05) is 26.7 Å². The van der Waals surface area contributed by atoms with Gasteiger partial charge in [0.05, 0.1) is 10.9 Å². The molecule has 0 aromatic carbocycles. The van der Waals surface area contributed by atoms with E-state index in [1.54, 1.807) is 23.7 Å². The van der Waals surface area contributed by atoms with Gasteiger partial charge in [0, 0.05) is 47.9 Å². The Labute approximate surface area is 167 Å². The second kappa shape index (κ2) is 6.49. The number of hydrogen-bond acceptors (Lipinski definition) is 7. The number of likely N-dealkylation sites (tertiary alicyclic amines) is 2. The zero-order valence-electron chi connectivity index (χ0n) is 15.8. The Morgan fingerprint density at radius 2 is 2.14 bits per heavy atom. The van der Waals surface area contributed by atoms with E-state index in [-0.39, 0.29) is 17.4 Å². The minimum absolute atomic E-state index is 0.0826. The summed E-state index contributed by atoms with van der Waals surface area (Å²) in [6.07, 6.45) is 4.38. The summed E-state index contributed by atoms with van der Waals surface area (Å²) >= 11 is 1.56. The Morgan fingerprint density at radius 1 is 1.29 bits per heavy atom. The SMILES string of the molecule is Cc1ccc(C(=O)N2CC3(CC(c4nc(-c5cccnc5)no4)N(C)C3)C2)s1. The van der Waals surface area contributed by atoms with Crippen LogP contribution in [0.3, 0.4) is 0 Å². The van der Waals surface area contributed by atoms with Gasteiger partial charge in [-0.1, -0.05) is 5.16 Å². The first kappa shape index (κ1) is 17.5. The Balaban J connectivity index is 1.28. The van der Waals surface area contributed by atoms with E-state index in [1.165, 1.54) is 4.88 Å². The summed E-state index contributed by atoms with van der Waals surface area (Å²) in [5, 5.41) is 4.13. The van der Waals surface area contributed by atoms with Crippen molar-refractivity contribution in [1.29, 1.82) is 0 Å². The van der Waals surface area contributed by atoms with Crippen molar-refractivity contribution >= 4 is 17.2 Å². The van der Waals surface area contributed by atoms with Crippen molar-refractivity contribution < 1.29 is 9.32 Å². The largest absolute Gasteiger partial charge is 0.337 e. The van der Waals surface area contributed by atoms with Gasteiger partial charge in [-0.05, 0) is 44.7 Å². The maximum absolute atomic E-state index is 12.6. The van der Waals surface area contributed by atoms with Crippen molar-refractivity contribution in [3.05, 3.63) is 52.3 Å². The third kappa shape index (κ3) is 2.93. The molecule has 0 aliphatic carbocycles. The van der Waals surface area contributed by atoms with Gasteiger partial charge in [-0.2, -0.15) is 4.98 Å². The number of carbonyl (C=O) groups excluding carboxylic acids is 1. The second-order valence-corrected chi connectivity index (χ2v) is 9.19. The van der Waals surface area contributed by atoms with Crippen LogP contribution in [0.1, 0.15) is 32.9 Å². The first-order valence-corrected chi connectivity index (χ1v) is 10.1. The van der Waals surface area contributed by atoms with Crippen LogP contribution in [-0.2, 0) is 0 Å². The van der Waals surface area contributed by atoms with Crippen LogP contribution in [0.4, 0.5) is 0 Å². The maximum atomic E-state index is 12.6. The Hall–Kier alpha value is -2.58. The van der Waals surface area contributed by atoms with Gasteiger partial charge in [0.1, 0.15) is 0 Å². The average molecular weight is 395 g/mol. The number of pyridine rings is 1. The first-order chi connectivity index (χ1) is 13.5. The molecule has 28 heavy (non-hydrogen) atoms. The molecule has 2 aliphatic heterocycles. The Morgan fingerprint density at radius 3 is 2.86 bits per heavy atom. The van der Waals surface area contributed by atoms with Crippen LogP contribution >= 0.6 is 11.3 Å². The van der Waals surface area contributed by atoms with E-state index >= 15 is 0 Å². The minimum atomic E-state index is 0.0826. The second-order valence-electron chi connectivity index (χ2n) is 7.90. The van der Waals surface area contributed by atoms with E-state index in [4.69, 9.17) is 4.52 Å². The van der Waals surface area contributed by atoms with E-state index in [0.717, 1.165) is 36.5 Å². The molecule has 0 radical (unpaired) electrons. The number of carbonyl (C=O) groups is 1. The fraction of sp³-hybridized carbons (Fsp3) is 0.400. The molecule has 5 heterocycles. The lowest BCUT2D eigenvalue weighted by atomic mass is 9.77. The summed E-state index contributed by atoms with van der Waals surface area (Å²) in [6.45, 7) is 4.52. The van der Waals surface area contributed by atoms with Crippen molar-refractivity contribution in [3.63, 3.8) is 0 Å². The molecule has 5 rings (SSSR count). The van der Waals surface area contributed by atoms with E-state index in [1.807, 2.05) is 36.1 Å². The Bertz CT molecular complexity index is 1010. The fourth-order valence-electron chi connectivity index (χ4n) is 4.37. The number of thiophene rings is 1. The third-order valence-electron chi connectivity index (χ3n) is 5.68.